The number of nitrogens with zero attached hydrogens (tertiary/aromatic N) is 2. The van der Waals surface area contributed by atoms with Gasteiger partial charge in [0.15, 0.2) is 0 Å². The van der Waals surface area contributed by atoms with Crippen LogP contribution in [0.3, 0.4) is 0 Å². The lowest BCUT2D eigenvalue weighted by atomic mass is 10.0. The number of hydrogen-bond acceptors (Lipinski definition) is 5. The molecule has 0 bridgehead atoms. The Balaban J connectivity index is 1.76. The Morgan fingerprint density at radius 1 is 1.28 bits per heavy atom. The van der Waals surface area contributed by atoms with E-state index in [-0.39, 0.29) is 28.8 Å². The van der Waals surface area contributed by atoms with Crippen LogP contribution >= 0.6 is 11.6 Å². The van der Waals surface area contributed by atoms with E-state index in [1.807, 2.05) is 6.92 Å². The van der Waals surface area contributed by atoms with E-state index in [2.05, 4.69) is 0 Å². The number of benzene rings is 1. The number of methoxy groups -OCH3 is 1. The summed E-state index contributed by atoms with van der Waals surface area (Å²) in [6.45, 7) is 2.99. The molecule has 1 unspecified atom stereocenters. The molecule has 7 nitrogen and oxygen atoms in total. The molecule has 0 aromatic heterocycles. The average Bonchev–Trinajstić information content (AvgIpc) is 2.93. The Morgan fingerprint density at radius 3 is 2.52 bits per heavy atom. The predicted molar refractivity (Wildman–Crippen MR) is 92.4 cm³/mol. The lowest BCUT2D eigenvalue weighted by molar-refractivity contribution is 0.127. The van der Waals surface area contributed by atoms with E-state index in [0.29, 0.717) is 37.6 Å². The molecule has 3 rings (SSSR count). The standard InChI is InChI=1S/C16H21ClN2O5S/c1-11-10-24-16(20)19(11)13-5-7-18(8-6-13)25(21,22)15-9-12(17)3-4-14(15)23-2/h3-4,9,11,13H,5-8,10H2,1-2H3. The van der Waals surface area contributed by atoms with Crippen molar-refractivity contribution in [3.63, 3.8) is 0 Å². The second-order valence-corrected chi connectivity index (χ2v) is 8.61. The molecule has 0 saturated carbocycles. The first kappa shape index (κ1) is 18.3. The van der Waals surface area contributed by atoms with Crippen molar-refractivity contribution in [2.24, 2.45) is 0 Å². The molecule has 1 aromatic rings. The zero-order valence-corrected chi connectivity index (χ0v) is 15.7. The van der Waals surface area contributed by atoms with Crippen LogP contribution in [0.4, 0.5) is 4.79 Å². The molecule has 1 atom stereocenters. The predicted octanol–water partition coefficient (Wildman–Crippen LogP) is 2.34. The zero-order chi connectivity index (χ0) is 18.2. The van der Waals surface area contributed by atoms with Gasteiger partial charge in [-0.05, 0) is 38.0 Å². The smallest absolute Gasteiger partial charge is 0.410 e. The first-order valence-electron chi connectivity index (χ1n) is 8.13. The number of cyclic esters (lactones) is 1. The average molecular weight is 389 g/mol. The van der Waals surface area contributed by atoms with E-state index in [1.165, 1.54) is 17.5 Å². The summed E-state index contributed by atoms with van der Waals surface area (Å²) in [5.41, 5.74) is 0. The van der Waals surface area contributed by atoms with E-state index in [1.54, 1.807) is 17.0 Å². The molecular weight excluding hydrogens is 368 g/mol. The maximum atomic E-state index is 13.0. The topological polar surface area (TPSA) is 76.2 Å². The van der Waals surface area contributed by atoms with E-state index in [0.717, 1.165) is 0 Å². The first-order valence-corrected chi connectivity index (χ1v) is 9.95. The van der Waals surface area contributed by atoms with Gasteiger partial charge < -0.3 is 9.47 Å². The van der Waals surface area contributed by atoms with Crippen LogP contribution in [-0.2, 0) is 14.8 Å². The molecule has 2 fully saturated rings. The Bertz CT molecular complexity index is 762. The van der Waals surface area contributed by atoms with Crippen LogP contribution in [0, 0.1) is 0 Å². The highest BCUT2D eigenvalue weighted by Crippen LogP contribution is 2.32. The Labute approximate surface area is 152 Å². The lowest BCUT2D eigenvalue weighted by Crippen LogP contribution is -2.49. The second-order valence-electron chi connectivity index (χ2n) is 6.26. The van der Waals surface area contributed by atoms with Crippen molar-refractivity contribution in [1.29, 1.82) is 0 Å². The highest BCUT2D eigenvalue weighted by atomic mass is 35.5. The van der Waals surface area contributed by atoms with E-state index in [4.69, 9.17) is 21.1 Å². The molecule has 0 spiro atoms. The number of carbonyl (C=O) groups excluding carboxylic acids is 1. The van der Waals surface area contributed by atoms with Gasteiger partial charge in [-0.3, -0.25) is 4.90 Å². The zero-order valence-electron chi connectivity index (χ0n) is 14.1. The van der Waals surface area contributed by atoms with Crippen LogP contribution in [-0.4, -0.2) is 62.6 Å². The van der Waals surface area contributed by atoms with Crippen molar-refractivity contribution in [3.05, 3.63) is 23.2 Å². The minimum absolute atomic E-state index is 0.00212. The maximum absolute atomic E-state index is 13.0. The van der Waals surface area contributed by atoms with Crippen molar-refractivity contribution in [2.45, 2.75) is 36.7 Å². The lowest BCUT2D eigenvalue weighted by Gasteiger charge is -2.36. The van der Waals surface area contributed by atoms with Crippen molar-refractivity contribution in [2.75, 3.05) is 26.8 Å². The van der Waals surface area contributed by atoms with E-state index >= 15 is 0 Å². The molecular formula is C16H21ClN2O5S. The monoisotopic (exact) mass is 388 g/mol. The summed E-state index contributed by atoms with van der Waals surface area (Å²) < 4.78 is 37.6. The largest absolute Gasteiger partial charge is 0.495 e. The van der Waals surface area contributed by atoms with Crippen LogP contribution in [0.5, 0.6) is 5.75 Å². The van der Waals surface area contributed by atoms with Gasteiger partial charge in [0.25, 0.3) is 0 Å². The van der Waals surface area contributed by atoms with Gasteiger partial charge in [0, 0.05) is 24.2 Å². The summed E-state index contributed by atoms with van der Waals surface area (Å²) in [7, 11) is -2.29. The fraction of sp³-hybridized carbons (Fsp3) is 0.562. The fourth-order valence-corrected chi connectivity index (χ4v) is 5.28. The molecule has 1 amide bonds. The number of halogens is 1. The van der Waals surface area contributed by atoms with Crippen molar-refractivity contribution in [1.82, 2.24) is 9.21 Å². The normalized spacial score (nSPS) is 22.9. The number of rotatable bonds is 4. The molecule has 2 saturated heterocycles. The molecule has 2 aliphatic rings. The van der Waals surface area contributed by atoms with Crippen LogP contribution in [0.25, 0.3) is 0 Å². The molecule has 9 heteroatoms. The van der Waals surface area contributed by atoms with Crippen LogP contribution in [0.15, 0.2) is 23.1 Å². The van der Waals surface area contributed by atoms with Gasteiger partial charge in [0.05, 0.1) is 13.2 Å². The molecule has 2 aliphatic heterocycles. The third kappa shape index (κ3) is 3.43. The van der Waals surface area contributed by atoms with Crippen molar-refractivity contribution in [3.8, 4) is 5.75 Å². The van der Waals surface area contributed by atoms with Gasteiger partial charge in [-0.1, -0.05) is 11.6 Å². The van der Waals surface area contributed by atoms with Gasteiger partial charge in [-0.15, -0.1) is 0 Å². The molecule has 1 aromatic carbocycles. The van der Waals surface area contributed by atoms with Gasteiger partial charge in [0.1, 0.15) is 17.3 Å². The first-order chi connectivity index (χ1) is 11.8. The van der Waals surface area contributed by atoms with Gasteiger partial charge >= 0.3 is 6.09 Å². The van der Waals surface area contributed by atoms with E-state index < -0.39 is 10.0 Å². The van der Waals surface area contributed by atoms with Gasteiger partial charge in [-0.2, -0.15) is 4.31 Å². The molecule has 0 N–H and O–H groups in total. The summed E-state index contributed by atoms with van der Waals surface area (Å²) in [6, 6.07) is 4.56. The quantitative estimate of drug-likeness (QED) is 0.791. The summed E-state index contributed by atoms with van der Waals surface area (Å²) in [5, 5.41) is 0.336. The van der Waals surface area contributed by atoms with E-state index in [9.17, 15) is 13.2 Å². The van der Waals surface area contributed by atoms with Crippen LogP contribution in [0.1, 0.15) is 19.8 Å². The van der Waals surface area contributed by atoms with Crippen molar-refractivity contribution >= 4 is 27.7 Å². The Morgan fingerprint density at radius 2 is 1.96 bits per heavy atom. The molecule has 2 heterocycles. The SMILES string of the molecule is COc1ccc(Cl)cc1S(=O)(=O)N1CCC(N2C(=O)OCC2C)CC1. The van der Waals surface area contributed by atoms with Crippen LogP contribution < -0.4 is 4.74 Å². The summed E-state index contributed by atoms with van der Waals surface area (Å²) >= 11 is 5.96. The summed E-state index contributed by atoms with van der Waals surface area (Å²) in [5.74, 6) is 0.267. The number of carbonyl (C=O) groups is 1. The highest BCUT2D eigenvalue weighted by Gasteiger charge is 2.39. The fourth-order valence-electron chi connectivity index (χ4n) is 3.39. The molecule has 0 radical (unpaired) electrons. The molecule has 0 aliphatic carbocycles. The maximum Gasteiger partial charge on any atom is 0.410 e. The van der Waals surface area contributed by atoms with Gasteiger partial charge in [0.2, 0.25) is 10.0 Å². The molecule has 138 valence electrons. The Hall–Kier alpha value is -1.51. The van der Waals surface area contributed by atoms with Crippen LogP contribution in [0.2, 0.25) is 5.02 Å². The summed E-state index contributed by atoms with van der Waals surface area (Å²) in [6.07, 6.45) is 0.827. The second kappa shape index (κ2) is 7.01. The summed E-state index contributed by atoms with van der Waals surface area (Å²) in [4.78, 5) is 13.6. The highest BCUT2D eigenvalue weighted by molar-refractivity contribution is 7.89. The third-order valence-electron chi connectivity index (χ3n) is 4.69. The number of hydrogen-bond donors (Lipinski definition) is 0. The number of sulfonamides is 1. The minimum atomic E-state index is -3.71. The molecule has 25 heavy (non-hydrogen) atoms. The van der Waals surface area contributed by atoms with Crippen molar-refractivity contribution < 1.29 is 22.7 Å². The third-order valence-corrected chi connectivity index (χ3v) is 6.85. The minimum Gasteiger partial charge on any atom is -0.495 e. The number of ether oxygens (including phenoxy) is 2. The number of piperidine rings is 1. The van der Waals surface area contributed by atoms with Gasteiger partial charge in [-0.25, -0.2) is 13.2 Å². The number of amides is 1. The Kier molecular flexibility index (Phi) is 5.13.